The van der Waals surface area contributed by atoms with Crippen molar-refractivity contribution >= 4 is 34.8 Å². The van der Waals surface area contributed by atoms with Gasteiger partial charge in [-0.05, 0) is 24.6 Å². The van der Waals surface area contributed by atoms with Crippen LogP contribution in [0.2, 0.25) is 5.02 Å². The standard InChI is InChI=1S/C13H12Cl2FN3O/c14-4-1-5-18-13(20)9(7-17)8-19-10-2-3-12(16)11(15)6-10/h2-3,6,8,19H,1,4-5H2,(H,18,20)/b9-8-. The van der Waals surface area contributed by atoms with Gasteiger partial charge in [-0.15, -0.1) is 11.6 Å². The van der Waals surface area contributed by atoms with E-state index < -0.39 is 11.7 Å². The molecule has 1 rings (SSSR count). The number of halogens is 3. The lowest BCUT2D eigenvalue weighted by atomic mass is 10.2. The summed E-state index contributed by atoms with van der Waals surface area (Å²) in [4.78, 5) is 11.6. The summed E-state index contributed by atoms with van der Waals surface area (Å²) in [5.74, 6) is -0.614. The van der Waals surface area contributed by atoms with Gasteiger partial charge >= 0.3 is 0 Å². The predicted molar refractivity (Wildman–Crippen MR) is 77.1 cm³/mol. The minimum atomic E-state index is -0.541. The van der Waals surface area contributed by atoms with Crippen molar-refractivity contribution in [1.82, 2.24) is 5.32 Å². The Balaban J connectivity index is 2.67. The van der Waals surface area contributed by atoms with Gasteiger partial charge in [0.15, 0.2) is 0 Å². The molecular weight excluding hydrogens is 304 g/mol. The molecule has 0 fully saturated rings. The first-order valence-electron chi connectivity index (χ1n) is 5.74. The molecule has 0 bridgehead atoms. The molecule has 106 valence electrons. The fourth-order valence-corrected chi connectivity index (χ4v) is 1.57. The van der Waals surface area contributed by atoms with E-state index in [2.05, 4.69) is 10.6 Å². The summed E-state index contributed by atoms with van der Waals surface area (Å²) in [6.07, 6.45) is 1.85. The topological polar surface area (TPSA) is 64.9 Å². The summed E-state index contributed by atoms with van der Waals surface area (Å²) >= 11 is 11.1. The molecule has 0 aromatic heterocycles. The fourth-order valence-electron chi connectivity index (χ4n) is 1.25. The van der Waals surface area contributed by atoms with E-state index in [9.17, 15) is 9.18 Å². The van der Waals surface area contributed by atoms with Crippen molar-refractivity contribution < 1.29 is 9.18 Å². The monoisotopic (exact) mass is 315 g/mol. The summed E-state index contributed by atoms with van der Waals surface area (Å²) in [5, 5.41) is 14.1. The molecule has 4 nitrogen and oxygen atoms in total. The molecule has 0 aliphatic heterocycles. The molecule has 0 saturated heterocycles. The first kappa shape index (κ1) is 16.3. The lowest BCUT2D eigenvalue weighted by Gasteiger charge is -2.05. The normalized spacial score (nSPS) is 10.8. The van der Waals surface area contributed by atoms with Crippen molar-refractivity contribution in [3.8, 4) is 6.07 Å². The Labute approximate surface area is 126 Å². The van der Waals surface area contributed by atoms with Crippen LogP contribution in [0.15, 0.2) is 30.0 Å². The van der Waals surface area contributed by atoms with Gasteiger partial charge in [0, 0.05) is 24.3 Å². The smallest absolute Gasteiger partial charge is 0.263 e. The Morgan fingerprint density at radius 2 is 2.25 bits per heavy atom. The number of anilines is 1. The average molecular weight is 316 g/mol. The van der Waals surface area contributed by atoms with Crippen molar-refractivity contribution in [2.45, 2.75) is 6.42 Å². The lowest BCUT2D eigenvalue weighted by Crippen LogP contribution is -2.26. The molecule has 1 aromatic carbocycles. The molecule has 0 radical (unpaired) electrons. The Bertz CT molecular complexity index is 555. The van der Waals surface area contributed by atoms with E-state index >= 15 is 0 Å². The van der Waals surface area contributed by atoms with Crippen LogP contribution < -0.4 is 10.6 Å². The first-order chi connectivity index (χ1) is 9.58. The van der Waals surface area contributed by atoms with Gasteiger partial charge in [0.1, 0.15) is 17.5 Å². The van der Waals surface area contributed by atoms with E-state index in [1.165, 1.54) is 24.4 Å². The minimum absolute atomic E-state index is 0.0477. The second kappa shape index (κ2) is 8.41. The SMILES string of the molecule is N#C/C(=C/Nc1ccc(F)c(Cl)c1)C(=O)NCCCCl. The van der Waals surface area contributed by atoms with Gasteiger partial charge in [0.2, 0.25) is 0 Å². The van der Waals surface area contributed by atoms with E-state index in [1.54, 1.807) is 6.07 Å². The molecule has 0 spiro atoms. The van der Waals surface area contributed by atoms with Crippen LogP contribution in [0.4, 0.5) is 10.1 Å². The Kier molecular flexibility index (Phi) is 6.85. The Morgan fingerprint density at radius 3 is 2.85 bits per heavy atom. The van der Waals surface area contributed by atoms with Gasteiger partial charge in [-0.25, -0.2) is 4.39 Å². The van der Waals surface area contributed by atoms with E-state index in [0.29, 0.717) is 24.5 Å². The largest absolute Gasteiger partial charge is 0.360 e. The highest BCUT2D eigenvalue weighted by atomic mass is 35.5. The molecule has 0 aliphatic rings. The van der Waals surface area contributed by atoms with Crippen LogP contribution in [0.3, 0.4) is 0 Å². The van der Waals surface area contributed by atoms with Crippen LogP contribution in [0.5, 0.6) is 0 Å². The number of hydrogen-bond acceptors (Lipinski definition) is 3. The molecule has 0 heterocycles. The molecule has 7 heteroatoms. The number of nitrogens with one attached hydrogen (secondary N) is 2. The van der Waals surface area contributed by atoms with Crippen LogP contribution in [0, 0.1) is 17.1 Å². The highest BCUT2D eigenvalue weighted by molar-refractivity contribution is 6.31. The maximum Gasteiger partial charge on any atom is 0.263 e. The second-order valence-electron chi connectivity index (χ2n) is 3.74. The number of amides is 1. The third-order valence-electron chi connectivity index (χ3n) is 2.26. The van der Waals surface area contributed by atoms with Gasteiger partial charge in [-0.3, -0.25) is 4.79 Å². The predicted octanol–water partition coefficient (Wildman–Crippen LogP) is 3.04. The van der Waals surface area contributed by atoms with Crippen LogP contribution >= 0.6 is 23.2 Å². The highest BCUT2D eigenvalue weighted by Gasteiger charge is 2.08. The van der Waals surface area contributed by atoms with Crippen LogP contribution in [-0.4, -0.2) is 18.3 Å². The van der Waals surface area contributed by atoms with Crippen molar-refractivity contribution in [3.63, 3.8) is 0 Å². The van der Waals surface area contributed by atoms with Crippen molar-refractivity contribution in [1.29, 1.82) is 5.26 Å². The number of benzene rings is 1. The zero-order valence-electron chi connectivity index (χ0n) is 10.4. The van der Waals surface area contributed by atoms with Crippen molar-refractivity contribution in [2.75, 3.05) is 17.7 Å². The fraction of sp³-hybridized carbons (Fsp3) is 0.231. The third kappa shape index (κ3) is 5.08. The molecule has 20 heavy (non-hydrogen) atoms. The van der Waals surface area contributed by atoms with Crippen LogP contribution in [0.25, 0.3) is 0 Å². The molecule has 1 aromatic rings. The van der Waals surface area contributed by atoms with Gasteiger partial charge < -0.3 is 10.6 Å². The van der Waals surface area contributed by atoms with Gasteiger partial charge in [-0.1, -0.05) is 11.6 Å². The van der Waals surface area contributed by atoms with E-state index in [0.717, 1.165) is 0 Å². The van der Waals surface area contributed by atoms with Gasteiger partial charge in [-0.2, -0.15) is 5.26 Å². The van der Waals surface area contributed by atoms with Gasteiger partial charge in [0.25, 0.3) is 5.91 Å². The molecule has 0 aliphatic carbocycles. The maximum absolute atomic E-state index is 13.0. The first-order valence-corrected chi connectivity index (χ1v) is 6.65. The van der Waals surface area contributed by atoms with Crippen LogP contribution in [0.1, 0.15) is 6.42 Å². The number of carbonyl (C=O) groups is 1. The Morgan fingerprint density at radius 1 is 1.50 bits per heavy atom. The lowest BCUT2D eigenvalue weighted by molar-refractivity contribution is -0.117. The summed E-state index contributed by atoms with van der Waals surface area (Å²) in [6, 6.07) is 5.75. The number of nitrogens with zero attached hydrogens (tertiary/aromatic N) is 1. The second-order valence-corrected chi connectivity index (χ2v) is 4.53. The number of carbonyl (C=O) groups excluding carboxylic acids is 1. The molecule has 0 atom stereocenters. The zero-order valence-corrected chi connectivity index (χ0v) is 11.9. The highest BCUT2D eigenvalue weighted by Crippen LogP contribution is 2.19. The quantitative estimate of drug-likeness (QED) is 0.367. The maximum atomic E-state index is 13.0. The number of rotatable bonds is 6. The molecule has 1 amide bonds. The summed E-state index contributed by atoms with van der Waals surface area (Å²) in [5.41, 5.74) is 0.373. The van der Waals surface area contributed by atoms with E-state index in [-0.39, 0.29) is 10.6 Å². The summed E-state index contributed by atoms with van der Waals surface area (Å²) in [6.45, 7) is 0.393. The molecular formula is C13H12Cl2FN3O. The van der Waals surface area contributed by atoms with E-state index in [4.69, 9.17) is 28.5 Å². The minimum Gasteiger partial charge on any atom is -0.360 e. The molecule has 0 unspecified atom stereocenters. The van der Waals surface area contributed by atoms with E-state index in [1.807, 2.05) is 0 Å². The number of alkyl halides is 1. The summed E-state index contributed by atoms with van der Waals surface area (Å²) < 4.78 is 13.0. The molecule has 0 saturated carbocycles. The molecule has 2 N–H and O–H groups in total. The zero-order chi connectivity index (χ0) is 15.0. The summed E-state index contributed by atoms with van der Waals surface area (Å²) in [7, 11) is 0. The van der Waals surface area contributed by atoms with Gasteiger partial charge in [0.05, 0.1) is 5.02 Å². The Hall–Kier alpha value is -1.77. The average Bonchev–Trinajstić information content (AvgIpc) is 2.43. The third-order valence-corrected chi connectivity index (χ3v) is 2.82. The number of nitriles is 1. The van der Waals surface area contributed by atoms with Crippen molar-refractivity contribution in [2.24, 2.45) is 0 Å². The van der Waals surface area contributed by atoms with Crippen molar-refractivity contribution in [3.05, 3.63) is 40.8 Å². The van der Waals surface area contributed by atoms with Crippen LogP contribution in [-0.2, 0) is 4.79 Å². The number of hydrogen-bond donors (Lipinski definition) is 2.